The van der Waals surface area contributed by atoms with E-state index in [9.17, 15) is 9.90 Å². The Balaban J connectivity index is 1.76. The number of carbonyl (C=O) groups is 1. The van der Waals surface area contributed by atoms with Crippen LogP contribution >= 0.6 is 0 Å². The number of rotatable bonds is 7. The van der Waals surface area contributed by atoms with Gasteiger partial charge < -0.3 is 15.2 Å². The molecule has 1 unspecified atom stereocenters. The normalized spacial score (nSPS) is 15.0. The van der Waals surface area contributed by atoms with Crippen molar-refractivity contribution in [3.8, 4) is 0 Å². The fourth-order valence-electron chi connectivity index (χ4n) is 2.52. The maximum Gasteiger partial charge on any atom is 0.251 e. The molecule has 1 aromatic rings. The summed E-state index contributed by atoms with van der Waals surface area (Å²) in [6, 6.07) is 5.87. The van der Waals surface area contributed by atoms with Gasteiger partial charge in [0, 0.05) is 18.7 Å². The van der Waals surface area contributed by atoms with Gasteiger partial charge in [-0.05, 0) is 48.4 Å². The van der Waals surface area contributed by atoms with Crippen LogP contribution in [0.3, 0.4) is 0 Å². The summed E-state index contributed by atoms with van der Waals surface area (Å²) >= 11 is 0. The van der Waals surface area contributed by atoms with Crippen molar-refractivity contribution < 1.29 is 14.6 Å². The minimum Gasteiger partial charge on any atom is -0.389 e. The largest absolute Gasteiger partial charge is 0.389 e. The Bertz CT molecular complexity index is 485. The maximum atomic E-state index is 12.1. The average Bonchev–Trinajstić information content (AvgIpc) is 2.91. The molecule has 0 fully saturated rings. The molecule has 1 aromatic carbocycles. The molecular weight excluding hydrogens is 266 g/mol. The molecule has 0 aromatic heterocycles. The number of nitrogens with one attached hydrogen (secondary N) is 1. The topological polar surface area (TPSA) is 58.6 Å². The molecule has 0 aliphatic heterocycles. The minimum absolute atomic E-state index is 0.132. The van der Waals surface area contributed by atoms with Crippen LogP contribution in [-0.4, -0.2) is 36.9 Å². The molecule has 4 nitrogen and oxygen atoms in total. The van der Waals surface area contributed by atoms with Gasteiger partial charge >= 0.3 is 0 Å². The molecule has 2 N–H and O–H groups in total. The zero-order chi connectivity index (χ0) is 15.2. The van der Waals surface area contributed by atoms with Crippen LogP contribution in [0.5, 0.6) is 0 Å². The molecule has 0 saturated heterocycles. The summed E-state index contributed by atoms with van der Waals surface area (Å²) in [5.74, 6) is 0.311. The van der Waals surface area contributed by atoms with E-state index in [1.165, 1.54) is 17.5 Å². The smallest absolute Gasteiger partial charge is 0.251 e. The van der Waals surface area contributed by atoms with Crippen molar-refractivity contribution in [3.63, 3.8) is 0 Å². The number of hydrogen-bond donors (Lipinski definition) is 2. The number of aryl methyl sites for hydroxylation is 2. The zero-order valence-corrected chi connectivity index (χ0v) is 12.9. The molecular formula is C17H25NO3. The van der Waals surface area contributed by atoms with Crippen LogP contribution in [0.4, 0.5) is 0 Å². The number of ether oxygens (including phenoxy) is 1. The van der Waals surface area contributed by atoms with Gasteiger partial charge in [0.15, 0.2) is 0 Å². The van der Waals surface area contributed by atoms with Crippen LogP contribution < -0.4 is 5.32 Å². The molecule has 1 atom stereocenters. The fourth-order valence-corrected chi connectivity index (χ4v) is 2.52. The third kappa shape index (κ3) is 4.83. The molecule has 0 bridgehead atoms. The van der Waals surface area contributed by atoms with Crippen molar-refractivity contribution >= 4 is 5.91 Å². The summed E-state index contributed by atoms with van der Waals surface area (Å²) < 4.78 is 5.35. The highest BCUT2D eigenvalue weighted by Crippen LogP contribution is 2.22. The Morgan fingerprint density at radius 1 is 1.29 bits per heavy atom. The lowest BCUT2D eigenvalue weighted by molar-refractivity contribution is 0.0259. The van der Waals surface area contributed by atoms with Crippen LogP contribution in [0, 0.1) is 5.92 Å². The number of aliphatic hydroxyl groups excluding tert-OH is 1. The highest BCUT2D eigenvalue weighted by Gasteiger charge is 2.14. The molecule has 1 amide bonds. The van der Waals surface area contributed by atoms with Crippen molar-refractivity contribution in [2.24, 2.45) is 5.92 Å². The Kier molecular flexibility index (Phi) is 5.76. The van der Waals surface area contributed by atoms with Gasteiger partial charge in [0.1, 0.15) is 0 Å². The first-order valence-electron chi connectivity index (χ1n) is 7.72. The molecule has 0 radical (unpaired) electrons. The highest BCUT2D eigenvalue weighted by atomic mass is 16.5. The molecule has 0 heterocycles. The second-order valence-corrected chi connectivity index (χ2v) is 6.13. The summed E-state index contributed by atoms with van der Waals surface area (Å²) in [4.78, 5) is 12.1. The predicted octanol–water partition coefficient (Wildman–Crippen LogP) is 1.94. The van der Waals surface area contributed by atoms with Crippen molar-refractivity contribution in [2.45, 2.75) is 39.2 Å². The van der Waals surface area contributed by atoms with Crippen LogP contribution in [0.25, 0.3) is 0 Å². The van der Waals surface area contributed by atoms with Crippen molar-refractivity contribution in [3.05, 3.63) is 34.9 Å². The molecule has 4 heteroatoms. The Labute approximate surface area is 126 Å². The van der Waals surface area contributed by atoms with Gasteiger partial charge in [-0.2, -0.15) is 0 Å². The second kappa shape index (κ2) is 7.57. The van der Waals surface area contributed by atoms with E-state index in [1.54, 1.807) is 0 Å². The van der Waals surface area contributed by atoms with Crippen molar-refractivity contribution in [1.82, 2.24) is 5.32 Å². The SMILES string of the molecule is CC(C)COCC(O)CNC(=O)c1ccc2c(c1)CCC2. The van der Waals surface area contributed by atoms with Gasteiger partial charge in [-0.15, -0.1) is 0 Å². The molecule has 2 rings (SSSR count). The van der Waals surface area contributed by atoms with E-state index in [4.69, 9.17) is 4.74 Å². The third-order valence-electron chi connectivity index (χ3n) is 3.62. The van der Waals surface area contributed by atoms with Gasteiger partial charge in [0.05, 0.1) is 12.7 Å². The molecule has 1 aliphatic carbocycles. The van der Waals surface area contributed by atoms with E-state index in [-0.39, 0.29) is 19.1 Å². The summed E-state index contributed by atoms with van der Waals surface area (Å²) in [6.07, 6.45) is 2.68. The van der Waals surface area contributed by atoms with Gasteiger partial charge in [-0.1, -0.05) is 19.9 Å². The van der Waals surface area contributed by atoms with Gasteiger partial charge in [-0.25, -0.2) is 0 Å². The van der Waals surface area contributed by atoms with Crippen LogP contribution in [-0.2, 0) is 17.6 Å². The fraction of sp³-hybridized carbons (Fsp3) is 0.588. The summed E-state index contributed by atoms with van der Waals surface area (Å²) in [5.41, 5.74) is 3.31. The summed E-state index contributed by atoms with van der Waals surface area (Å²) in [6.45, 7) is 5.20. The maximum absolute atomic E-state index is 12.1. The molecule has 1 aliphatic rings. The zero-order valence-electron chi connectivity index (χ0n) is 12.9. The monoisotopic (exact) mass is 291 g/mol. The number of fused-ring (bicyclic) bond motifs is 1. The Hall–Kier alpha value is -1.39. The number of aliphatic hydroxyl groups is 1. The van der Waals surface area contributed by atoms with E-state index < -0.39 is 6.10 Å². The standard InChI is InChI=1S/C17H25NO3/c1-12(2)10-21-11-16(19)9-18-17(20)15-7-6-13-4-3-5-14(13)8-15/h6-8,12,16,19H,3-5,9-11H2,1-2H3,(H,18,20). The predicted molar refractivity (Wildman–Crippen MR) is 82.5 cm³/mol. The number of benzene rings is 1. The summed E-state index contributed by atoms with van der Waals surface area (Å²) in [5, 5.41) is 12.5. The van der Waals surface area contributed by atoms with E-state index in [0.29, 0.717) is 18.1 Å². The number of amides is 1. The van der Waals surface area contributed by atoms with Gasteiger partial charge in [0.25, 0.3) is 5.91 Å². The lowest BCUT2D eigenvalue weighted by Gasteiger charge is -2.14. The van der Waals surface area contributed by atoms with E-state index in [2.05, 4.69) is 19.2 Å². The Morgan fingerprint density at radius 3 is 2.81 bits per heavy atom. The van der Waals surface area contributed by atoms with Gasteiger partial charge in [0.2, 0.25) is 0 Å². The third-order valence-corrected chi connectivity index (χ3v) is 3.62. The van der Waals surface area contributed by atoms with E-state index in [0.717, 1.165) is 12.8 Å². The second-order valence-electron chi connectivity index (χ2n) is 6.13. The van der Waals surface area contributed by atoms with Crippen LogP contribution in [0.15, 0.2) is 18.2 Å². The first kappa shape index (κ1) is 16.0. The lowest BCUT2D eigenvalue weighted by Crippen LogP contribution is -2.34. The number of hydrogen-bond acceptors (Lipinski definition) is 3. The first-order chi connectivity index (χ1) is 10.1. The Morgan fingerprint density at radius 2 is 2.05 bits per heavy atom. The summed E-state index contributed by atoms with van der Waals surface area (Å²) in [7, 11) is 0. The molecule has 116 valence electrons. The average molecular weight is 291 g/mol. The van der Waals surface area contributed by atoms with Gasteiger partial charge in [-0.3, -0.25) is 4.79 Å². The van der Waals surface area contributed by atoms with Crippen LogP contribution in [0.1, 0.15) is 41.8 Å². The molecule has 0 saturated carbocycles. The lowest BCUT2D eigenvalue weighted by atomic mass is 10.1. The quantitative estimate of drug-likeness (QED) is 0.807. The molecule has 0 spiro atoms. The van der Waals surface area contributed by atoms with Crippen molar-refractivity contribution in [2.75, 3.05) is 19.8 Å². The molecule has 21 heavy (non-hydrogen) atoms. The van der Waals surface area contributed by atoms with Crippen molar-refractivity contribution in [1.29, 1.82) is 0 Å². The minimum atomic E-state index is -0.665. The first-order valence-corrected chi connectivity index (χ1v) is 7.72. The van der Waals surface area contributed by atoms with Crippen LogP contribution in [0.2, 0.25) is 0 Å². The van der Waals surface area contributed by atoms with E-state index in [1.807, 2.05) is 18.2 Å². The van der Waals surface area contributed by atoms with E-state index >= 15 is 0 Å². The number of carbonyl (C=O) groups excluding carboxylic acids is 1. The highest BCUT2D eigenvalue weighted by molar-refractivity contribution is 5.94.